The van der Waals surface area contributed by atoms with Gasteiger partial charge in [-0.05, 0) is 49.9 Å². The molecular weight excluding hydrogens is 240 g/mol. The molecule has 2 atom stereocenters. The van der Waals surface area contributed by atoms with Gasteiger partial charge < -0.3 is 5.73 Å². The molecule has 4 nitrogen and oxygen atoms in total. The van der Waals surface area contributed by atoms with E-state index in [9.17, 15) is 9.59 Å². The van der Waals surface area contributed by atoms with Crippen molar-refractivity contribution >= 4 is 17.5 Å². The molecule has 19 heavy (non-hydrogen) atoms. The smallest absolute Gasteiger partial charge is 0.236 e. The van der Waals surface area contributed by atoms with Crippen LogP contribution in [0.15, 0.2) is 24.3 Å². The Kier molecular flexibility index (Phi) is 3.11. The van der Waals surface area contributed by atoms with Crippen LogP contribution in [0.1, 0.15) is 24.8 Å². The number of carbonyl (C=O) groups is 2. The monoisotopic (exact) mass is 258 g/mol. The molecule has 1 aliphatic carbocycles. The third kappa shape index (κ3) is 2.06. The third-order valence-electron chi connectivity index (χ3n) is 4.20. The van der Waals surface area contributed by atoms with Crippen LogP contribution in [-0.4, -0.2) is 18.4 Å². The lowest BCUT2D eigenvalue weighted by Gasteiger charge is -2.29. The standard InChI is InChI=1S/C15H18N2O2/c16-8-7-10-1-5-13(6-2-10)17-14(18)11-3-4-12(9-11)15(17)19/h1-2,5-6,11-12H,3-4,7-9,16H2. The van der Waals surface area contributed by atoms with Crippen LogP contribution in [0.5, 0.6) is 0 Å². The maximum absolute atomic E-state index is 12.3. The van der Waals surface area contributed by atoms with E-state index in [0.717, 1.165) is 31.2 Å². The number of hydrogen-bond donors (Lipinski definition) is 1. The highest BCUT2D eigenvalue weighted by atomic mass is 16.2. The Morgan fingerprint density at radius 1 is 1.05 bits per heavy atom. The lowest BCUT2D eigenvalue weighted by Crippen LogP contribution is -2.46. The molecule has 1 aromatic rings. The van der Waals surface area contributed by atoms with Crippen molar-refractivity contribution in [3.8, 4) is 0 Å². The van der Waals surface area contributed by atoms with Gasteiger partial charge in [0.05, 0.1) is 5.69 Å². The van der Waals surface area contributed by atoms with Gasteiger partial charge in [0, 0.05) is 11.8 Å². The summed E-state index contributed by atoms with van der Waals surface area (Å²) in [7, 11) is 0. The lowest BCUT2D eigenvalue weighted by molar-refractivity contribution is -0.132. The minimum absolute atomic E-state index is 0.0228. The number of nitrogens with zero attached hydrogens (tertiary/aromatic N) is 1. The molecule has 2 aliphatic rings. The van der Waals surface area contributed by atoms with E-state index in [-0.39, 0.29) is 23.7 Å². The van der Waals surface area contributed by atoms with Crippen molar-refractivity contribution in [2.45, 2.75) is 25.7 Å². The van der Waals surface area contributed by atoms with Gasteiger partial charge in [0.2, 0.25) is 11.8 Å². The number of benzene rings is 1. The summed E-state index contributed by atoms with van der Waals surface area (Å²) in [6, 6.07) is 7.59. The van der Waals surface area contributed by atoms with Gasteiger partial charge in [0.25, 0.3) is 0 Å². The molecule has 2 N–H and O–H groups in total. The Hall–Kier alpha value is -1.68. The molecule has 2 bridgehead atoms. The van der Waals surface area contributed by atoms with E-state index in [1.165, 1.54) is 4.90 Å². The fraction of sp³-hybridized carbons (Fsp3) is 0.467. The highest BCUT2D eigenvalue weighted by molar-refractivity contribution is 6.18. The van der Waals surface area contributed by atoms with E-state index in [1.807, 2.05) is 24.3 Å². The first-order valence-corrected chi connectivity index (χ1v) is 6.87. The molecule has 2 unspecified atom stereocenters. The number of imide groups is 1. The Labute approximate surface area is 112 Å². The lowest BCUT2D eigenvalue weighted by atomic mass is 9.96. The highest BCUT2D eigenvalue weighted by Crippen LogP contribution is 2.39. The van der Waals surface area contributed by atoms with E-state index in [1.54, 1.807) is 0 Å². The minimum Gasteiger partial charge on any atom is -0.330 e. The van der Waals surface area contributed by atoms with Crippen LogP contribution in [0.2, 0.25) is 0 Å². The Bertz CT molecular complexity index is 487. The molecule has 2 amide bonds. The summed E-state index contributed by atoms with van der Waals surface area (Å²) in [5, 5.41) is 0. The second-order valence-corrected chi connectivity index (χ2v) is 5.42. The summed E-state index contributed by atoms with van der Waals surface area (Å²) in [4.78, 5) is 26.0. The molecule has 2 fully saturated rings. The number of piperidine rings is 1. The van der Waals surface area contributed by atoms with Crippen molar-refractivity contribution in [2.24, 2.45) is 17.6 Å². The average molecular weight is 258 g/mol. The van der Waals surface area contributed by atoms with Crippen molar-refractivity contribution < 1.29 is 9.59 Å². The number of fused-ring (bicyclic) bond motifs is 2. The maximum atomic E-state index is 12.3. The molecule has 0 aromatic heterocycles. The largest absolute Gasteiger partial charge is 0.330 e. The molecule has 1 heterocycles. The van der Waals surface area contributed by atoms with E-state index in [2.05, 4.69) is 0 Å². The number of amides is 2. The van der Waals surface area contributed by atoms with Crippen molar-refractivity contribution in [1.82, 2.24) is 0 Å². The van der Waals surface area contributed by atoms with E-state index in [0.29, 0.717) is 12.2 Å². The average Bonchev–Trinajstić information content (AvgIpc) is 2.86. The first kappa shape index (κ1) is 12.4. The second kappa shape index (κ2) is 4.78. The Balaban J connectivity index is 1.88. The minimum atomic E-state index is -0.0228. The Morgan fingerprint density at radius 3 is 2.16 bits per heavy atom. The quantitative estimate of drug-likeness (QED) is 0.835. The van der Waals surface area contributed by atoms with Crippen LogP contribution in [0.4, 0.5) is 5.69 Å². The van der Waals surface area contributed by atoms with Crippen LogP contribution < -0.4 is 10.6 Å². The summed E-state index contributed by atoms with van der Waals surface area (Å²) < 4.78 is 0. The van der Waals surface area contributed by atoms with Crippen LogP contribution in [0.25, 0.3) is 0 Å². The fourth-order valence-electron chi connectivity index (χ4n) is 3.14. The van der Waals surface area contributed by atoms with Gasteiger partial charge in [-0.15, -0.1) is 0 Å². The van der Waals surface area contributed by atoms with Crippen molar-refractivity contribution in [3.05, 3.63) is 29.8 Å². The first-order chi connectivity index (χ1) is 9.20. The summed E-state index contributed by atoms with van der Waals surface area (Å²) in [6.45, 7) is 0.602. The number of hydrogen-bond acceptors (Lipinski definition) is 3. The predicted octanol–water partition coefficient (Wildman–Crippen LogP) is 1.48. The first-order valence-electron chi connectivity index (χ1n) is 6.87. The normalized spacial score (nSPS) is 26.1. The molecule has 100 valence electrons. The number of rotatable bonds is 3. The van der Waals surface area contributed by atoms with Gasteiger partial charge in [-0.25, -0.2) is 0 Å². The zero-order chi connectivity index (χ0) is 13.4. The highest BCUT2D eigenvalue weighted by Gasteiger charge is 2.45. The van der Waals surface area contributed by atoms with Gasteiger partial charge >= 0.3 is 0 Å². The molecule has 3 rings (SSSR count). The summed E-state index contributed by atoms with van der Waals surface area (Å²) in [5.41, 5.74) is 7.34. The molecule has 4 heteroatoms. The van der Waals surface area contributed by atoms with Gasteiger partial charge in [-0.2, -0.15) is 0 Å². The topological polar surface area (TPSA) is 63.4 Å². The van der Waals surface area contributed by atoms with Gasteiger partial charge in [0.15, 0.2) is 0 Å². The van der Waals surface area contributed by atoms with Crippen LogP contribution in [0, 0.1) is 11.8 Å². The zero-order valence-corrected chi connectivity index (χ0v) is 10.8. The summed E-state index contributed by atoms with van der Waals surface area (Å²) in [6.07, 6.45) is 3.28. The van der Waals surface area contributed by atoms with Crippen molar-refractivity contribution in [2.75, 3.05) is 11.4 Å². The molecular formula is C15H18N2O2. The van der Waals surface area contributed by atoms with E-state index in [4.69, 9.17) is 5.73 Å². The molecule has 1 aliphatic heterocycles. The van der Waals surface area contributed by atoms with Crippen LogP contribution in [-0.2, 0) is 16.0 Å². The maximum Gasteiger partial charge on any atom is 0.236 e. The van der Waals surface area contributed by atoms with Gasteiger partial charge in [-0.3, -0.25) is 14.5 Å². The Morgan fingerprint density at radius 2 is 1.63 bits per heavy atom. The van der Waals surface area contributed by atoms with Crippen LogP contribution in [0.3, 0.4) is 0 Å². The van der Waals surface area contributed by atoms with E-state index >= 15 is 0 Å². The predicted molar refractivity (Wildman–Crippen MR) is 72.5 cm³/mol. The molecule has 0 spiro atoms. The van der Waals surface area contributed by atoms with E-state index < -0.39 is 0 Å². The van der Waals surface area contributed by atoms with Crippen molar-refractivity contribution in [1.29, 1.82) is 0 Å². The van der Waals surface area contributed by atoms with Crippen molar-refractivity contribution in [3.63, 3.8) is 0 Å². The van der Waals surface area contributed by atoms with Gasteiger partial charge in [-0.1, -0.05) is 12.1 Å². The third-order valence-corrected chi connectivity index (χ3v) is 4.20. The fourth-order valence-corrected chi connectivity index (χ4v) is 3.14. The number of nitrogens with two attached hydrogens (primary N) is 1. The van der Waals surface area contributed by atoms with Crippen LogP contribution >= 0.6 is 0 Å². The molecule has 1 saturated carbocycles. The molecule has 1 aromatic carbocycles. The summed E-state index contributed by atoms with van der Waals surface area (Å²) >= 11 is 0. The summed E-state index contributed by atoms with van der Waals surface area (Å²) in [5.74, 6) is 0.0495. The van der Waals surface area contributed by atoms with Gasteiger partial charge in [0.1, 0.15) is 0 Å². The molecule has 1 saturated heterocycles. The SMILES string of the molecule is NCCc1ccc(N2C(=O)C3CCC(C3)C2=O)cc1. The zero-order valence-electron chi connectivity index (χ0n) is 10.8. The second-order valence-electron chi connectivity index (χ2n) is 5.42. The molecule has 0 radical (unpaired) electrons. The number of anilines is 1. The number of carbonyl (C=O) groups excluding carboxylic acids is 2.